The van der Waals surface area contributed by atoms with Crippen LogP contribution in [0.2, 0.25) is 0 Å². The van der Waals surface area contributed by atoms with Crippen LogP contribution in [0.25, 0.3) is 22.2 Å². The maximum atomic E-state index is 12.8. The van der Waals surface area contributed by atoms with Gasteiger partial charge in [0, 0.05) is 19.7 Å². The van der Waals surface area contributed by atoms with Gasteiger partial charge in [-0.1, -0.05) is 30.3 Å². The van der Waals surface area contributed by atoms with Gasteiger partial charge in [0.1, 0.15) is 5.65 Å². The highest BCUT2D eigenvalue weighted by atomic mass is 32.1. The van der Waals surface area contributed by atoms with Crippen LogP contribution >= 0.6 is 11.3 Å². The fourth-order valence-corrected chi connectivity index (χ4v) is 3.86. The lowest BCUT2D eigenvalue weighted by Gasteiger charge is -2.09. The summed E-state index contributed by atoms with van der Waals surface area (Å²) in [4.78, 5) is 42.0. The maximum absolute atomic E-state index is 12.8. The SMILES string of the molecule is Cn1c(=O)c2cc(NC(=O)c3sccc3-c3ccccc3)cnc2n(C)c1=O. The third-order valence-electron chi connectivity index (χ3n) is 4.51. The molecule has 0 unspecified atom stereocenters. The molecule has 0 atom stereocenters. The Labute approximate surface area is 163 Å². The molecule has 0 aliphatic heterocycles. The highest BCUT2D eigenvalue weighted by molar-refractivity contribution is 7.12. The number of pyridine rings is 1. The van der Waals surface area contributed by atoms with E-state index in [0.29, 0.717) is 10.6 Å². The number of hydrogen-bond donors (Lipinski definition) is 1. The van der Waals surface area contributed by atoms with Gasteiger partial charge in [0.15, 0.2) is 0 Å². The molecule has 1 amide bonds. The Morgan fingerprint density at radius 2 is 1.82 bits per heavy atom. The van der Waals surface area contributed by atoms with Crippen LogP contribution < -0.4 is 16.6 Å². The summed E-state index contributed by atoms with van der Waals surface area (Å²) in [5.74, 6) is -0.281. The van der Waals surface area contributed by atoms with Crippen molar-refractivity contribution >= 4 is 34.0 Å². The fourth-order valence-electron chi connectivity index (χ4n) is 3.05. The van der Waals surface area contributed by atoms with E-state index < -0.39 is 11.2 Å². The minimum Gasteiger partial charge on any atom is -0.320 e. The first-order valence-corrected chi connectivity index (χ1v) is 9.35. The van der Waals surface area contributed by atoms with Crippen LogP contribution in [0.3, 0.4) is 0 Å². The van der Waals surface area contributed by atoms with Crippen LogP contribution in [0.5, 0.6) is 0 Å². The summed E-state index contributed by atoms with van der Waals surface area (Å²) in [7, 11) is 2.96. The number of hydrogen-bond acceptors (Lipinski definition) is 5. The van der Waals surface area contributed by atoms with Crippen LogP contribution in [0, 0.1) is 0 Å². The number of fused-ring (bicyclic) bond motifs is 1. The van der Waals surface area contributed by atoms with Crippen molar-refractivity contribution in [3.8, 4) is 11.1 Å². The molecule has 0 aliphatic rings. The van der Waals surface area contributed by atoms with Gasteiger partial charge in [-0.3, -0.25) is 18.7 Å². The van der Waals surface area contributed by atoms with E-state index in [0.717, 1.165) is 15.7 Å². The number of rotatable bonds is 3. The molecule has 4 rings (SSSR count). The van der Waals surface area contributed by atoms with Gasteiger partial charge in [-0.2, -0.15) is 0 Å². The molecule has 1 aromatic carbocycles. The van der Waals surface area contributed by atoms with Crippen LogP contribution in [0.1, 0.15) is 9.67 Å². The van der Waals surface area contributed by atoms with Gasteiger partial charge >= 0.3 is 5.69 Å². The summed E-state index contributed by atoms with van der Waals surface area (Å²) >= 11 is 1.34. The number of aromatic nitrogens is 3. The average Bonchev–Trinajstić information content (AvgIpc) is 3.21. The number of anilines is 1. The van der Waals surface area contributed by atoms with Gasteiger partial charge in [0.05, 0.1) is 22.1 Å². The second-order valence-electron chi connectivity index (χ2n) is 6.28. The third kappa shape index (κ3) is 2.93. The zero-order valence-electron chi connectivity index (χ0n) is 15.2. The van der Waals surface area contributed by atoms with Gasteiger partial charge in [0.2, 0.25) is 0 Å². The summed E-state index contributed by atoms with van der Waals surface area (Å²) in [5.41, 5.74) is 1.55. The third-order valence-corrected chi connectivity index (χ3v) is 5.42. The first-order valence-electron chi connectivity index (χ1n) is 8.47. The number of thiophene rings is 1. The Hall–Kier alpha value is -3.52. The number of carbonyl (C=O) groups is 1. The lowest BCUT2D eigenvalue weighted by Crippen LogP contribution is -2.37. The van der Waals surface area contributed by atoms with Gasteiger partial charge < -0.3 is 5.32 Å². The Morgan fingerprint density at radius 1 is 1.07 bits per heavy atom. The molecule has 140 valence electrons. The zero-order valence-corrected chi connectivity index (χ0v) is 16.0. The van der Waals surface area contributed by atoms with E-state index in [2.05, 4.69) is 10.3 Å². The minimum atomic E-state index is -0.456. The van der Waals surface area contributed by atoms with E-state index in [1.165, 1.54) is 35.2 Å². The molecular weight excluding hydrogens is 376 g/mol. The lowest BCUT2D eigenvalue weighted by molar-refractivity contribution is 0.103. The summed E-state index contributed by atoms with van der Waals surface area (Å²) in [6.07, 6.45) is 1.44. The van der Waals surface area contributed by atoms with E-state index >= 15 is 0 Å². The molecule has 0 aliphatic carbocycles. The van der Waals surface area contributed by atoms with Crippen LogP contribution in [-0.2, 0) is 14.1 Å². The first kappa shape index (κ1) is 17.9. The van der Waals surface area contributed by atoms with E-state index in [4.69, 9.17) is 0 Å². The van der Waals surface area contributed by atoms with Crippen LogP contribution in [0.4, 0.5) is 5.69 Å². The number of amides is 1. The first-order chi connectivity index (χ1) is 13.5. The highest BCUT2D eigenvalue weighted by Crippen LogP contribution is 2.29. The van der Waals surface area contributed by atoms with E-state index in [-0.39, 0.29) is 16.9 Å². The summed E-state index contributed by atoms with van der Waals surface area (Å²) in [5, 5.41) is 4.92. The second-order valence-corrected chi connectivity index (χ2v) is 7.20. The predicted molar refractivity (Wildman–Crippen MR) is 110 cm³/mol. The van der Waals surface area contributed by atoms with Gasteiger partial charge in [0.25, 0.3) is 11.5 Å². The van der Waals surface area contributed by atoms with Crippen molar-refractivity contribution in [2.45, 2.75) is 0 Å². The fraction of sp³-hybridized carbons (Fsp3) is 0.100. The van der Waals surface area contributed by atoms with Crippen molar-refractivity contribution in [2.24, 2.45) is 14.1 Å². The van der Waals surface area contributed by atoms with Crippen molar-refractivity contribution in [3.63, 3.8) is 0 Å². The molecule has 7 nitrogen and oxygen atoms in total. The molecule has 4 aromatic rings. The number of nitrogens with one attached hydrogen (secondary N) is 1. The predicted octanol–water partition coefficient (Wildman–Crippen LogP) is 2.61. The largest absolute Gasteiger partial charge is 0.332 e. The van der Waals surface area contributed by atoms with E-state index in [9.17, 15) is 14.4 Å². The molecule has 8 heteroatoms. The van der Waals surface area contributed by atoms with Crippen molar-refractivity contribution < 1.29 is 4.79 Å². The van der Waals surface area contributed by atoms with Gasteiger partial charge in [-0.15, -0.1) is 11.3 Å². The average molecular weight is 392 g/mol. The molecule has 28 heavy (non-hydrogen) atoms. The number of carbonyl (C=O) groups excluding carboxylic acids is 1. The lowest BCUT2D eigenvalue weighted by atomic mass is 10.1. The quantitative estimate of drug-likeness (QED) is 0.581. The number of aryl methyl sites for hydroxylation is 1. The minimum absolute atomic E-state index is 0.261. The maximum Gasteiger partial charge on any atom is 0.332 e. The Kier molecular flexibility index (Phi) is 4.40. The van der Waals surface area contributed by atoms with Crippen molar-refractivity contribution in [2.75, 3.05) is 5.32 Å². The molecular formula is C20H16N4O3S. The van der Waals surface area contributed by atoms with Crippen molar-refractivity contribution in [3.05, 3.63) is 79.8 Å². The Bertz CT molecular complexity index is 1320. The monoisotopic (exact) mass is 392 g/mol. The van der Waals surface area contributed by atoms with Crippen LogP contribution in [-0.4, -0.2) is 20.0 Å². The molecule has 0 bridgehead atoms. The summed E-state index contributed by atoms with van der Waals surface area (Å²) < 4.78 is 2.32. The molecule has 0 fully saturated rings. The molecule has 0 radical (unpaired) electrons. The molecule has 0 saturated carbocycles. The van der Waals surface area contributed by atoms with E-state index in [1.807, 2.05) is 41.8 Å². The van der Waals surface area contributed by atoms with Gasteiger partial charge in [-0.05, 0) is 23.1 Å². The molecule has 3 aromatic heterocycles. The second kappa shape index (κ2) is 6.90. The zero-order chi connectivity index (χ0) is 19.8. The topological polar surface area (TPSA) is 86.0 Å². The molecule has 3 heterocycles. The smallest absolute Gasteiger partial charge is 0.320 e. The Balaban J connectivity index is 1.72. The van der Waals surface area contributed by atoms with Gasteiger partial charge in [-0.25, -0.2) is 9.78 Å². The Morgan fingerprint density at radius 3 is 2.57 bits per heavy atom. The van der Waals surface area contributed by atoms with Crippen molar-refractivity contribution in [1.29, 1.82) is 0 Å². The number of nitrogens with zero attached hydrogens (tertiary/aromatic N) is 3. The molecule has 0 saturated heterocycles. The van der Waals surface area contributed by atoms with Crippen molar-refractivity contribution in [1.82, 2.24) is 14.1 Å². The number of benzene rings is 1. The molecule has 1 N–H and O–H groups in total. The summed E-state index contributed by atoms with van der Waals surface area (Å²) in [6, 6.07) is 13.1. The molecule has 0 spiro atoms. The van der Waals surface area contributed by atoms with E-state index in [1.54, 1.807) is 7.05 Å². The highest BCUT2D eigenvalue weighted by Gasteiger charge is 2.16. The normalized spacial score (nSPS) is 10.9. The summed E-state index contributed by atoms with van der Waals surface area (Å²) in [6.45, 7) is 0. The standard InChI is InChI=1S/C20H16N4O3S/c1-23-17-15(19(26)24(2)20(23)27)10-13(11-21-17)22-18(25)16-14(8-9-28-16)12-6-4-3-5-7-12/h3-11H,1-2H3,(H,22,25). The van der Waals surface area contributed by atoms with Crippen LogP contribution in [0.15, 0.2) is 63.6 Å².